The molecular formula is C13H18N2O2S. The molecule has 5 heteroatoms. The number of aliphatic hydroxyl groups excluding tert-OH is 1. The van der Waals surface area contributed by atoms with E-state index in [9.17, 15) is 4.79 Å². The number of nitrogens with one attached hydrogen (secondary N) is 1. The van der Waals surface area contributed by atoms with E-state index in [1.807, 2.05) is 11.4 Å². The minimum atomic E-state index is -0.0470. The topological polar surface area (TPSA) is 52.6 Å². The molecule has 4 nitrogen and oxygen atoms in total. The van der Waals surface area contributed by atoms with Gasteiger partial charge in [0.25, 0.3) is 0 Å². The number of rotatable bonds is 4. The SMILES string of the molecule is CN1CCC(NC(=O)C=Cc2cc(CO)cs2)C1. The van der Waals surface area contributed by atoms with Crippen LogP contribution in [0.4, 0.5) is 0 Å². The lowest BCUT2D eigenvalue weighted by Crippen LogP contribution is -2.35. The average Bonchev–Trinajstić information content (AvgIpc) is 2.95. The number of hydrogen-bond acceptors (Lipinski definition) is 4. The van der Waals surface area contributed by atoms with Crippen LogP contribution in [0.2, 0.25) is 0 Å². The van der Waals surface area contributed by atoms with Gasteiger partial charge in [-0.15, -0.1) is 11.3 Å². The van der Waals surface area contributed by atoms with E-state index in [2.05, 4.69) is 17.3 Å². The molecule has 1 fully saturated rings. The maximum Gasteiger partial charge on any atom is 0.244 e. The van der Waals surface area contributed by atoms with Crippen LogP contribution in [0, 0.1) is 0 Å². The number of amides is 1. The molecule has 0 saturated carbocycles. The zero-order valence-electron chi connectivity index (χ0n) is 10.4. The number of likely N-dealkylation sites (N-methyl/N-ethyl adjacent to an activating group) is 1. The average molecular weight is 266 g/mol. The highest BCUT2D eigenvalue weighted by molar-refractivity contribution is 7.11. The lowest BCUT2D eigenvalue weighted by atomic mass is 10.2. The molecular weight excluding hydrogens is 248 g/mol. The lowest BCUT2D eigenvalue weighted by Gasteiger charge is -2.10. The van der Waals surface area contributed by atoms with Crippen molar-refractivity contribution in [2.45, 2.75) is 19.1 Å². The highest BCUT2D eigenvalue weighted by Gasteiger charge is 2.19. The van der Waals surface area contributed by atoms with Gasteiger partial charge >= 0.3 is 0 Å². The summed E-state index contributed by atoms with van der Waals surface area (Å²) in [7, 11) is 2.06. The normalized spacial score (nSPS) is 20.7. The number of likely N-dealkylation sites (tertiary alicyclic amines) is 1. The van der Waals surface area contributed by atoms with Gasteiger partial charge in [-0.25, -0.2) is 0 Å². The molecule has 0 spiro atoms. The van der Waals surface area contributed by atoms with Crippen LogP contribution >= 0.6 is 11.3 Å². The minimum Gasteiger partial charge on any atom is -0.392 e. The fourth-order valence-corrected chi connectivity index (χ4v) is 2.82. The predicted molar refractivity (Wildman–Crippen MR) is 73.3 cm³/mol. The van der Waals surface area contributed by atoms with Gasteiger partial charge in [-0.3, -0.25) is 4.79 Å². The van der Waals surface area contributed by atoms with Crippen LogP contribution in [0.1, 0.15) is 16.9 Å². The van der Waals surface area contributed by atoms with E-state index in [0.29, 0.717) is 0 Å². The van der Waals surface area contributed by atoms with Crippen molar-refractivity contribution < 1.29 is 9.90 Å². The summed E-state index contributed by atoms with van der Waals surface area (Å²) in [6, 6.07) is 2.15. The van der Waals surface area contributed by atoms with Gasteiger partial charge in [0, 0.05) is 23.5 Å². The molecule has 1 saturated heterocycles. The van der Waals surface area contributed by atoms with E-state index < -0.39 is 0 Å². The zero-order valence-corrected chi connectivity index (χ0v) is 11.2. The summed E-state index contributed by atoms with van der Waals surface area (Å²) in [5.41, 5.74) is 0.887. The summed E-state index contributed by atoms with van der Waals surface area (Å²) < 4.78 is 0. The van der Waals surface area contributed by atoms with Crippen molar-refractivity contribution in [1.29, 1.82) is 0 Å². The van der Waals surface area contributed by atoms with Gasteiger partial charge in [-0.1, -0.05) is 0 Å². The number of carbonyl (C=O) groups is 1. The number of carbonyl (C=O) groups excluding carboxylic acids is 1. The first-order valence-electron chi connectivity index (χ1n) is 6.03. The van der Waals surface area contributed by atoms with Crippen LogP contribution in [-0.4, -0.2) is 42.1 Å². The molecule has 0 bridgehead atoms. The van der Waals surface area contributed by atoms with E-state index >= 15 is 0 Å². The molecule has 1 atom stereocenters. The molecule has 98 valence electrons. The molecule has 2 heterocycles. The van der Waals surface area contributed by atoms with E-state index in [1.54, 1.807) is 12.2 Å². The third-order valence-corrected chi connectivity index (χ3v) is 3.94. The fraction of sp³-hybridized carbons (Fsp3) is 0.462. The first-order chi connectivity index (χ1) is 8.67. The summed E-state index contributed by atoms with van der Waals surface area (Å²) in [5.74, 6) is -0.0470. The maximum absolute atomic E-state index is 11.7. The van der Waals surface area contributed by atoms with E-state index in [0.717, 1.165) is 30.0 Å². The standard InChI is InChI=1S/C13H18N2O2S/c1-15-5-4-11(7-15)14-13(17)3-2-12-6-10(8-16)9-18-12/h2-3,6,9,11,16H,4-5,7-8H2,1H3,(H,14,17). The summed E-state index contributed by atoms with van der Waals surface area (Å²) in [6.07, 6.45) is 4.37. The van der Waals surface area contributed by atoms with E-state index in [1.165, 1.54) is 11.3 Å². The zero-order chi connectivity index (χ0) is 13.0. The van der Waals surface area contributed by atoms with E-state index in [4.69, 9.17) is 5.11 Å². The molecule has 0 aliphatic carbocycles. The van der Waals surface area contributed by atoms with Crippen LogP contribution in [0.25, 0.3) is 6.08 Å². The van der Waals surface area contributed by atoms with Crippen molar-refractivity contribution in [3.05, 3.63) is 28.0 Å². The van der Waals surface area contributed by atoms with Crippen LogP contribution in [0.3, 0.4) is 0 Å². The minimum absolute atomic E-state index is 0.0466. The highest BCUT2D eigenvalue weighted by atomic mass is 32.1. The molecule has 1 aliphatic rings. The Hall–Kier alpha value is -1.17. The van der Waals surface area contributed by atoms with Gasteiger partial charge < -0.3 is 15.3 Å². The fourth-order valence-electron chi connectivity index (χ4n) is 2.02. The van der Waals surface area contributed by atoms with E-state index in [-0.39, 0.29) is 18.6 Å². The summed E-state index contributed by atoms with van der Waals surface area (Å²) in [4.78, 5) is 14.9. The van der Waals surface area contributed by atoms with Crippen molar-refractivity contribution in [3.8, 4) is 0 Å². The quantitative estimate of drug-likeness (QED) is 0.802. The Labute approximate surface area is 111 Å². The van der Waals surface area contributed by atoms with Gasteiger partial charge in [-0.05, 0) is 43.1 Å². The smallest absolute Gasteiger partial charge is 0.244 e. The molecule has 1 aromatic heterocycles. The van der Waals surface area contributed by atoms with Crippen LogP contribution in [0.5, 0.6) is 0 Å². The Morgan fingerprint density at radius 1 is 1.72 bits per heavy atom. The Balaban J connectivity index is 1.83. The molecule has 0 radical (unpaired) electrons. The Morgan fingerprint density at radius 3 is 3.17 bits per heavy atom. The molecule has 18 heavy (non-hydrogen) atoms. The lowest BCUT2D eigenvalue weighted by molar-refractivity contribution is -0.117. The van der Waals surface area contributed by atoms with Crippen molar-refractivity contribution in [2.24, 2.45) is 0 Å². The van der Waals surface area contributed by atoms with Gasteiger partial charge in [0.2, 0.25) is 5.91 Å². The molecule has 2 N–H and O–H groups in total. The van der Waals surface area contributed by atoms with Gasteiger partial charge in [0.1, 0.15) is 0 Å². The number of hydrogen-bond donors (Lipinski definition) is 2. The Bertz CT molecular complexity index is 442. The first-order valence-corrected chi connectivity index (χ1v) is 6.90. The van der Waals surface area contributed by atoms with Gasteiger partial charge in [0.05, 0.1) is 6.61 Å². The van der Waals surface area contributed by atoms with Crippen molar-refractivity contribution in [1.82, 2.24) is 10.2 Å². The number of aliphatic hydroxyl groups is 1. The van der Waals surface area contributed by atoms with Crippen LogP contribution < -0.4 is 5.32 Å². The summed E-state index contributed by atoms with van der Waals surface area (Å²) in [6.45, 7) is 2.01. The molecule has 0 aromatic carbocycles. The molecule has 1 unspecified atom stereocenters. The van der Waals surface area contributed by atoms with Crippen LogP contribution in [-0.2, 0) is 11.4 Å². The van der Waals surface area contributed by atoms with Crippen molar-refractivity contribution >= 4 is 23.3 Å². The second-order valence-electron chi connectivity index (χ2n) is 4.61. The van der Waals surface area contributed by atoms with Crippen molar-refractivity contribution in [3.63, 3.8) is 0 Å². The highest BCUT2D eigenvalue weighted by Crippen LogP contribution is 2.16. The Kier molecular flexibility index (Phi) is 4.52. The summed E-state index contributed by atoms with van der Waals surface area (Å²) in [5, 5.41) is 13.8. The number of nitrogens with zero attached hydrogens (tertiary/aromatic N) is 1. The first kappa shape index (κ1) is 13.3. The van der Waals surface area contributed by atoms with Crippen LogP contribution in [0.15, 0.2) is 17.5 Å². The summed E-state index contributed by atoms with van der Waals surface area (Å²) >= 11 is 1.52. The molecule has 1 aromatic rings. The third-order valence-electron chi connectivity index (χ3n) is 2.99. The monoisotopic (exact) mass is 266 g/mol. The Morgan fingerprint density at radius 2 is 2.56 bits per heavy atom. The van der Waals surface area contributed by atoms with Crippen molar-refractivity contribution in [2.75, 3.05) is 20.1 Å². The number of thiophene rings is 1. The molecule has 1 amide bonds. The second-order valence-corrected chi connectivity index (χ2v) is 5.55. The maximum atomic E-state index is 11.7. The van der Waals surface area contributed by atoms with Gasteiger partial charge in [-0.2, -0.15) is 0 Å². The van der Waals surface area contributed by atoms with Gasteiger partial charge in [0.15, 0.2) is 0 Å². The molecule has 2 rings (SSSR count). The predicted octanol–water partition coefficient (Wildman–Crippen LogP) is 1.07. The third kappa shape index (κ3) is 3.66. The largest absolute Gasteiger partial charge is 0.392 e. The second kappa shape index (κ2) is 6.13. The molecule has 1 aliphatic heterocycles.